The van der Waals surface area contributed by atoms with Gasteiger partial charge in [0, 0.05) is 24.1 Å². The zero-order valence-electron chi connectivity index (χ0n) is 16.2. The first-order chi connectivity index (χ1) is 14.0. The van der Waals surface area contributed by atoms with Gasteiger partial charge >= 0.3 is 0 Å². The van der Waals surface area contributed by atoms with Gasteiger partial charge in [0.15, 0.2) is 0 Å². The summed E-state index contributed by atoms with van der Waals surface area (Å²) in [6, 6.07) is 17.3. The molecule has 7 heteroatoms. The normalized spacial score (nSPS) is 18.3. The van der Waals surface area contributed by atoms with Crippen molar-refractivity contribution in [3.05, 3.63) is 77.0 Å². The van der Waals surface area contributed by atoms with Gasteiger partial charge in [0.25, 0.3) is 0 Å². The highest BCUT2D eigenvalue weighted by molar-refractivity contribution is 7.92. The summed E-state index contributed by atoms with van der Waals surface area (Å²) in [6.45, 7) is 2.85. The Balaban J connectivity index is 1.49. The van der Waals surface area contributed by atoms with Crippen molar-refractivity contribution in [2.24, 2.45) is 0 Å². The number of hydrogen-bond acceptors (Lipinski definition) is 5. The van der Waals surface area contributed by atoms with Crippen LogP contribution < -0.4 is 0 Å². The Morgan fingerprint density at radius 3 is 2.76 bits per heavy atom. The molecule has 1 fully saturated rings. The fourth-order valence-corrected chi connectivity index (χ4v) is 4.76. The molecule has 0 N–H and O–H groups in total. The molecule has 2 heterocycles. The summed E-state index contributed by atoms with van der Waals surface area (Å²) >= 11 is 0. The Morgan fingerprint density at radius 1 is 1.14 bits per heavy atom. The van der Waals surface area contributed by atoms with Crippen LogP contribution in [0.3, 0.4) is 0 Å². The van der Waals surface area contributed by atoms with E-state index in [1.165, 1.54) is 9.71 Å². The van der Waals surface area contributed by atoms with Gasteiger partial charge in [-0.25, -0.2) is 8.42 Å². The van der Waals surface area contributed by atoms with Gasteiger partial charge < -0.3 is 4.52 Å². The Morgan fingerprint density at radius 2 is 1.97 bits per heavy atom. The van der Waals surface area contributed by atoms with Gasteiger partial charge in [-0.1, -0.05) is 59.3 Å². The van der Waals surface area contributed by atoms with Crippen molar-refractivity contribution in [2.45, 2.75) is 25.7 Å². The van der Waals surface area contributed by atoms with Crippen LogP contribution in [0.1, 0.15) is 35.8 Å². The second-order valence-corrected chi connectivity index (χ2v) is 9.10. The highest BCUT2D eigenvalue weighted by Crippen LogP contribution is 2.29. The predicted molar refractivity (Wildman–Crippen MR) is 112 cm³/mol. The summed E-state index contributed by atoms with van der Waals surface area (Å²) in [5.41, 5.74) is 2.87. The molecule has 0 radical (unpaired) electrons. The van der Waals surface area contributed by atoms with Crippen LogP contribution in [0.5, 0.6) is 0 Å². The summed E-state index contributed by atoms with van der Waals surface area (Å²) in [4.78, 5) is 4.54. The number of sulfonamides is 1. The maximum absolute atomic E-state index is 12.8. The summed E-state index contributed by atoms with van der Waals surface area (Å²) < 4.78 is 32.5. The molecule has 150 valence electrons. The van der Waals surface area contributed by atoms with E-state index < -0.39 is 10.0 Å². The van der Waals surface area contributed by atoms with Crippen LogP contribution in [0.2, 0.25) is 0 Å². The van der Waals surface area contributed by atoms with Crippen LogP contribution >= 0.6 is 0 Å². The third-order valence-electron chi connectivity index (χ3n) is 5.04. The third kappa shape index (κ3) is 4.63. The summed E-state index contributed by atoms with van der Waals surface area (Å²) in [6.07, 6.45) is 3.20. The maximum Gasteiger partial charge on any atom is 0.236 e. The van der Waals surface area contributed by atoms with E-state index in [1.54, 1.807) is 6.08 Å². The van der Waals surface area contributed by atoms with Crippen LogP contribution in [0, 0.1) is 6.92 Å². The molecule has 3 aromatic rings. The zero-order valence-corrected chi connectivity index (χ0v) is 17.0. The average Bonchev–Trinajstić information content (AvgIpc) is 3.24. The number of aryl methyl sites for hydroxylation is 1. The standard InChI is InChI=1S/C22H23N3O3S/c1-17-7-5-10-19(15-17)21-23-22(28-24-21)20-11-6-13-25(16-20)29(26,27)14-12-18-8-3-2-4-9-18/h2-5,7-10,12,14-15,20H,6,11,13,16H2,1H3/b14-12+. The molecule has 1 aromatic heterocycles. The lowest BCUT2D eigenvalue weighted by Crippen LogP contribution is -2.38. The number of benzene rings is 2. The molecule has 1 aliphatic heterocycles. The minimum absolute atomic E-state index is 0.102. The van der Waals surface area contributed by atoms with Crippen molar-refractivity contribution < 1.29 is 12.9 Å². The van der Waals surface area contributed by atoms with Crippen LogP contribution in [0.4, 0.5) is 0 Å². The molecule has 1 saturated heterocycles. The van der Waals surface area contributed by atoms with Crippen LogP contribution in [0.25, 0.3) is 17.5 Å². The molecule has 1 unspecified atom stereocenters. The molecule has 6 nitrogen and oxygen atoms in total. The second kappa shape index (κ2) is 8.31. The van der Waals surface area contributed by atoms with E-state index in [0.29, 0.717) is 24.8 Å². The Kier molecular flexibility index (Phi) is 5.60. The maximum atomic E-state index is 12.8. The largest absolute Gasteiger partial charge is 0.339 e. The number of nitrogens with zero attached hydrogens (tertiary/aromatic N) is 3. The SMILES string of the molecule is Cc1cccc(-c2noc(C3CCCN(S(=O)(=O)/C=C/c4ccccc4)C3)n2)c1. The molecule has 0 aliphatic carbocycles. The van der Waals surface area contributed by atoms with E-state index >= 15 is 0 Å². The van der Waals surface area contributed by atoms with Crippen molar-refractivity contribution in [1.82, 2.24) is 14.4 Å². The minimum atomic E-state index is -3.51. The first kappa shape index (κ1) is 19.5. The molecule has 0 amide bonds. The van der Waals surface area contributed by atoms with Crippen molar-refractivity contribution in [3.63, 3.8) is 0 Å². The lowest BCUT2D eigenvalue weighted by molar-refractivity contribution is 0.267. The summed E-state index contributed by atoms with van der Waals surface area (Å²) in [5.74, 6) is 0.927. The fourth-order valence-electron chi connectivity index (χ4n) is 3.49. The van der Waals surface area contributed by atoms with Crippen molar-refractivity contribution in [3.8, 4) is 11.4 Å². The molecular weight excluding hydrogens is 386 g/mol. The molecule has 4 rings (SSSR count). The van der Waals surface area contributed by atoms with E-state index in [0.717, 1.165) is 29.5 Å². The van der Waals surface area contributed by atoms with Crippen molar-refractivity contribution >= 4 is 16.1 Å². The minimum Gasteiger partial charge on any atom is -0.339 e. The predicted octanol–water partition coefficient (Wildman–Crippen LogP) is 4.23. The summed E-state index contributed by atoms with van der Waals surface area (Å²) in [5, 5.41) is 5.37. The van der Waals surface area contributed by atoms with E-state index in [2.05, 4.69) is 10.1 Å². The Bertz CT molecular complexity index is 1110. The van der Waals surface area contributed by atoms with Crippen LogP contribution in [-0.2, 0) is 10.0 Å². The van der Waals surface area contributed by atoms with Gasteiger partial charge in [-0.15, -0.1) is 0 Å². The van der Waals surface area contributed by atoms with Gasteiger partial charge in [-0.05, 0) is 37.5 Å². The summed E-state index contributed by atoms with van der Waals surface area (Å²) in [7, 11) is -3.51. The first-order valence-corrected chi connectivity index (χ1v) is 11.2. The Hall–Kier alpha value is -2.77. The fraction of sp³-hybridized carbons (Fsp3) is 0.273. The van der Waals surface area contributed by atoms with E-state index in [1.807, 2.05) is 61.5 Å². The number of hydrogen-bond donors (Lipinski definition) is 0. The van der Waals surface area contributed by atoms with E-state index in [-0.39, 0.29) is 5.92 Å². The molecule has 29 heavy (non-hydrogen) atoms. The highest BCUT2D eigenvalue weighted by atomic mass is 32.2. The molecule has 1 atom stereocenters. The first-order valence-electron chi connectivity index (χ1n) is 9.65. The topological polar surface area (TPSA) is 76.3 Å². The average molecular weight is 410 g/mol. The highest BCUT2D eigenvalue weighted by Gasteiger charge is 2.31. The molecule has 0 spiro atoms. The van der Waals surface area contributed by atoms with Gasteiger partial charge in [-0.3, -0.25) is 0 Å². The van der Waals surface area contributed by atoms with Gasteiger partial charge in [-0.2, -0.15) is 9.29 Å². The monoisotopic (exact) mass is 409 g/mol. The van der Waals surface area contributed by atoms with E-state index in [9.17, 15) is 8.42 Å². The van der Waals surface area contributed by atoms with Gasteiger partial charge in [0.1, 0.15) is 0 Å². The smallest absolute Gasteiger partial charge is 0.236 e. The second-order valence-electron chi connectivity index (χ2n) is 7.28. The molecule has 2 aromatic carbocycles. The van der Waals surface area contributed by atoms with Crippen molar-refractivity contribution in [2.75, 3.05) is 13.1 Å². The lowest BCUT2D eigenvalue weighted by Gasteiger charge is -2.29. The molecule has 1 aliphatic rings. The number of piperidine rings is 1. The molecular formula is C22H23N3O3S. The Labute approximate surface area is 170 Å². The van der Waals surface area contributed by atoms with Gasteiger partial charge in [0.05, 0.1) is 5.92 Å². The third-order valence-corrected chi connectivity index (χ3v) is 6.57. The molecule has 0 saturated carbocycles. The molecule has 0 bridgehead atoms. The van der Waals surface area contributed by atoms with E-state index in [4.69, 9.17) is 4.52 Å². The number of rotatable bonds is 5. The number of aromatic nitrogens is 2. The zero-order chi connectivity index (χ0) is 20.3. The van der Waals surface area contributed by atoms with Gasteiger partial charge in [0.2, 0.25) is 21.7 Å². The van der Waals surface area contributed by atoms with Crippen LogP contribution in [0.15, 0.2) is 64.5 Å². The lowest BCUT2D eigenvalue weighted by atomic mass is 10.00. The quantitative estimate of drug-likeness (QED) is 0.630. The van der Waals surface area contributed by atoms with Crippen LogP contribution in [-0.4, -0.2) is 36.0 Å². The van der Waals surface area contributed by atoms with Crippen molar-refractivity contribution in [1.29, 1.82) is 0 Å².